The lowest BCUT2D eigenvalue weighted by Crippen LogP contribution is -2.30. The van der Waals surface area contributed by atoms with Gasteiger partial charge in [-0.25, -0.2) is 0 Å². The molecule has 0 bridgehead atoms. The molecule has 0 saturated heterocycles. The highest BCUT2D eigenvalue weighted by molar-refractivity contribution is 5.71. The first kappa shape index (κ1) is 67.6. The van der Waals surface area contributed by atoms with Gasteiger partial charge in [-0.2, -0.15) is 0 Å². The van der Waals surface area contributed by atoms with E-state index in [2.05, 4.69) is 57.2 Å². The third-order valence-electron chi connectivity index (χ3n) is 13.9. The average Bonchev–Trinajstić information content (AvgIpc) is 3.36. The molecule has 0 amide bonds. The van der Waals surface area contributed by atoms with Gasteiger partial charge in [0, 0.05) is 19.3 Å². The van der Waals surface area contributed by atoms with Gasteiger partial charge in [0.05, 0.1) is 0 Å². The van der Waals surface area contributed by atoms with E-state index in [0.717, 1.165) is 83.5 Å². The molecule has 1 unspecified atom stereocenters. The summed E-state index contributed by atoms with van der Waals surface area (Å²) in [6.07, 6.45) is 71.5. The molecule has 1 atom stereocenters. The number of hydrogen-bond donors (Lipinski definition) is 0. The summed E-state index contributed by atoms with van der Waals surface area (Å²) in [7, 11) is 0. The maximum Gasteiger partial charge on any atom is 0.306 e. The molecular weight excluding hydrogens is 865 g/mol. The number of carbonyl (C=O) groups excluding carboxylic acids is 3. The Hall–Kier alpha value is -2.37. The average molecular weight is 984 g/mol. The maximum absolute atomic E-state index is 12.9. The van der Waals surface area contributed by atoms with Crippen molar-refractivity contribution in [2.45, 2.75) is 341 Å². The topological polar surface area (TPSA) is 78.9 Å². The molecule has 0 radical (unpaired) electrons. The summed E-state index contributed by atoms with van der Waals surface area (Å²) in [5.74, 6) is -0.883. The van der Waals surface area contributed by atoms with Crippen molar-refractivity contribution in [3.05, 3.63) is 36.5 Å². The van der Waals surface area contributed by atoms with Crippen LogP contribution in [-0.2, 0) is 28.6 Å². The van der Waals surface area contributed by atoms with E-state index in [9.17, 15) is 14.4 Å². The van der Waals surface area contributed by atoms with Crippen LogP contribution in [0.2, 0.25) is 0 Å². The zero-order valence-corrected chi connectivity index (χ0v) is 47.1. The second-order valence-electron chi connectivity index (χ2n) is 21.0. The standard InChI is InChI=1S/C64H118O6/c1-4-7-10-13-16-19-22-25-27-29-31-33-34-36-39-42-45-48-51-54-57-63(66)69-60-61(59-68-62(65)56-53-50-47-44-41-38-24-21-18-15-12-9-6-3)70-64(67)58-55-52-49-46-43-40-37-35-32-30-28-26-23-20-17-14-11-8-5-2/h9,12,18,21,38,41,61H,4-8,10-11,13-17,19-20,22-37,39-40,42-60H2,1-3H3/b12-9-,21-18-,41-38-. The van der Waals surface area contributed by atoms with E-state index >= 15 is 0 Å². The SMILES string of the molecule is CC/C=C\C/C=C\C/C=C\CCCCCC(=O)OCC(COC(=O)CCCCCCCCCCCCCCCCCCCCCC)OC(=O)CCCCCCCCCCCCCCCCCCCCC. The van der Waals surface area contributed by atoms with Gasteiger partial charge in [0.25, 0.3) is 0 Å². The minimum Gasteiger partial charge on any atom is -0.462 e. The predicted molar refractivity (Wildman–Crippen MR) is 302 cm³/mol. The minimum atomic E-state index is -0.780. The Balaban J connectivity index is 4.30. The number of allylic oxidation sites excluding steroid dienone is 6. The van der Waals surface area contributed by atoms with Crippen molar-refractivity contribution in [1.82, 2.24) is 0 Å². The first-order valence-electron chi connectivity index (χ1n) is 31.0. The summed E-state index contributed by atoms with van der Waals surface area (Å²) in [5, 5.41) is 0. The van der Waals surface area contributed by atoms with Crippen molar-refractivity contribution < 1.29 is 28.6 Å². The molecule has 0 aromatic rings. The van der Waals surface area contributed by atoms with E-state index in [1.165, 1.54) is 212 Å². The Bertz CT molecular complexity index is 1170. The summed E-state index contributed by atoms with van der Waals surface area (Å²) in [6, 6.07) is 0. The second kappa shape index (κ2) is 59.2. The van der Waals surface area contributed by atoms with Gasteiger partial charge in [0.1, 0.15) is 13.2 Å². The summed E-state index contributed by atoms with van der Waals surface area (Å²) < 4.78 is 16.9. The Labute approximate surface area is 435 Å². The second-order valence-corrected chi connectivity index (χ2v) is 21.0. The van der Waals surface area contributed by atoms with Crippen LogP contribution in [0, 0.1) is 0 Å². The third-order valence-corrected chi connectivity index (χ3v) is 13.9. The van der Waals surface area contributed by atoms with Crippen molar-refractivity contribution in [2.75, 3.05) is 13.2 Å². The molecule has 6 nitrogen and oxygen atoms in total. The van der Waals surface area contributed by atoms with Crippen molar-refractivity contribution >= 4 is 17.9 Å². The van der Waals surface area contributed by atoms with Crippen LogP contribution < -0.4 is 0 Å². The number of hydrogen-bond acceptors (Lipinski definition) is 6. The van der Waals surface area contributed by atoms with E-state index < -0.39 is 6.10 Å². The molecule has 0 spiro atoms. The molecule has 0 N–H and O–H groups in total. The van der Waals surface area contributed by atoms with Crippen molar-refractivity contribution in [1.29, 1.82) is 0 Å². The molecule has 0 saturated carbocycles. The molecule has 0 aromatic heterocycles. The molecule has 0 aromatic carbocycles. The van der Waals surface area contributed by atoms with Crippen LogP contribution in [0.1, 0.15) is 335 Å². The van der Waals surface area contributed by atoms with Crippen LogP contribution in [0.3, 0.4) is 0 Å². The predicted octanol–water partition coefficient (Wildman–Crippen LogP) is 20.8. The van der Waals surface area contributed by atoms with Crippen LogP contribution >= 0.6 is 0 Å². The van der Waals surface area contributed by atoms with E-state index in [-0.39, 0.29) is 31.1 Å². The molecule has 0 aliphatic carbocycles. The van der Waals surface area contributed by atoms with Crippen molar-refractivity contribution in [3.8, 4) is 0 Å². The fourth-order valence-electron chi connectivity index (χ4n) is 9.28. The molecule has 70 heavy (non-hydrogen) atoms. The van der Waals surface area contributed by atoms with Crippen LogP contribution in [-0.4, -0.2) is 37.2 Å². The van der Waals surface area contributed by atoms with Gasteiger partial charge in [0.15, 0.2) is 6.10 Å². The minimum absolute atomic E-state index is 0.0762. The normalized spacial score (nSPS) is 12.2. The van der Waals surface area contributed by atoms with Gasteiger partial charge in [-0.3, -0.25) is 14.4 Å². The first-order chi connectivity index (χ1) is 34.5. The number of rotatable bonds is 57. The molecular formula is C64H118O6. The van der Waals surface area contributed by atoms with Gasteiger partial charge in [-0.05, 0) is 51.4 Å². The van der Waals surface area contributed by atoms with Gasteiger partial charge in [-0.15, -0.1) is 0 Å². The lowest BCUT2D eigenvalue weighted by atomic mass is 10.0. The molecule has 6 heteroatoms. The highest BCUT2D eigenvalue weighted by atomic mass is 16.6. The Kier molecular flexibility index (Phi) is 57.2. The quantitative estimate of drug-likeness (QED) is 0.0261. The summed E-state index contributed by atoms with van der Waals surface area (Å²) >= 11 is 0. The molecule has 0 rings (SSSR count). The largest absolute Gasteiger partial charge is 0.462 e. The third kappa shape index (κ3) is 56.5. The zero-order chi connectivity index (χ0) is 50.7. The van der Waals surface area contributed by atoms with E-state index in [4.69, 9.17) is 14.2 Å². The highest BCUT2D eigenvalue weighted by Crippen LogP contribution is 2.18. The summed E-state index contributed by atoms with van der Waals surface area (Å²) in [5.41, 5.74) is 0. The Morgan fingerprint density at radius 2 is 0.557 bits per heavy atom. The van der Waals surface area contributed by atoms with Crippen molar-refractivity contribution in [3.63, 3.8) is 0 Å². The smallest absolute Gasteiger partial charge is 0.306 e. The summed E-state index contributed by atoms with van der Waals surface area (Å²) in [6.45, 7) is 6.56. The molecule has 0 aliphatic rings. The van der Waals surface area contributed by atoms with Gasteiger partial charge >= 0.3 is 17.9 Å². The number of ether oxygens (including phenoxy) is 3. The number of esters is 3. The fourth-order valence-corrected chi connectivity index (χ4v) is 9.28. The fraction of sp³-hybridized carbons (Fsp3) is 0.859. The molecule has 0 heterocycles. The van der Waals surface area contributed by atoms with Crippen LogP contribution in [0.25, 0.3) is 0 Å². The van der Waals surface area contributed by atoms with Crippen LogP contribution in [0.15, 0.2) is 36.5 Å². The van der Waals surface area contributed by atoms with Crippen molar-refractivity contribution in [2.24, 2.45) is 0 Å². The van der Waals surface area contributed by atoms with E-state index in [1.807, 2.05) is 0 Å². The zero-order valence-electron chi connectivity index (χ0n) is 47.1. The first-order valence-corrected chi connectivity index (χ1v) is 31.0. The summed E-state index contributed by atoms with van der Waals surface area (Å²) in [4.78, 5) is 38.2. The lowest BCUT2D eigenvalue weighted by molar-refractivity contribution is -0.167. The van der Waals surface area contributed by atoms with Crippen LogP contribution in [0.4, 0.5) is 0 Å². The Morgan fingerprint density at radius 1 is 0.300 bits per heavy atom. The van der Waals surface area contributed by atoms with E-state index in [0.29, 0.717) is 19.3 Å². The number of carbonyl (C=O) groups is 3. The van der Waals surface area contributed by atoms with Gasteiger partial charge in [0.2, 0.25) is 0 Å². The molecule has 0 aliphatic heterocycles. The van der Waals surface area contributed by atoms with Gasteiger partial charge < -0.3 is 14.2 Å². The highest BCUT2D eigenvalue weighted by Gasteiger charge is 2.19. The van der Waals surface area contributed by atoms with Gasteiger partial charge in [-0.1, -0.05) is 301 Å². The van der Waals surface area contributed by atoms with Crippen LogP contribution in [0.5, 0.6) is 0 Å². The number of unbranched alkanes of at least 4 members (excludes halogenated alkanes) is 40. The monoisotopic (exact) mass is 983 g/mol. The van der Waals surface area contributed by atoms with E-state index in [1.54, 1.807) is 0 Å². The molecule has 0 fully saturated rings. The maximum atomic E-state index is 12.9. The molecule has 410 valence electrons. The Morgan fingerprint density at radius 3 is 0.871 bits per heavy atom. The lowest BCUT2D eigenvalue weighted by Gasteiger charge is -2.18.